The summed E-state index contributed by atoms with van der Waals surface area (Å²) in [4.78, 5) is 22.3. The minimum atomic E-state index is -0.210. The number of rotatable bonds is 9. The highest BCUT2D eigenvalue weighted by Gasteiger charge is 2.25. The van der Waals surface area contributed by atoms with Crippen LogP contribution in [0.15, 0.2) is 53.6 Å². The first-order valence-electron chi connectivity index (χ1n) is 11.0. The van der Waals surface area contributed by atoms with E-state index in [0.717, 1.165) is 28.7 Å². The number of hydrogen-bond donors (Lipinski definition) is 1. The quantitative estimate of drug-likeness (QED) is 0.420. The smallest absolute Gasteiger partial charge is 0.252 e. The fourth-order valence-electron chi connectivity index (χ4n) is 3.75. The molecule has 4 aromatic rings. The average Bonchev–Trinajstić information content (AvgIpc) is 3.29. The van der Waals surface area contributed by atoms with Crippen molar-refractivity contribution in [3.8, 4) is 5.75 Å². The van der Waals surface area contributed by atoms with Crippen molar-refractivity contribution >= 4 is 10.9 Å². The normalized spacial score (nSPS) is 11.9. The van der Waals surface area contributed by atoms with Crippen molar-refractivity contribution in [3.63, 3.8) is 0 Å². The Morgan fingerprint density at radius 3 is 2.73 bits per heavy atom. The number of aromatic amines is 1. The number of benzene rings is 1. The van der Waals surface area contributed by atoms with Gasteiger partial charge in [-0.1, -0.05) is 13.0 Å². The van der Waals surface area contributed by atoms with E-state index in [0.29, 0.717) is 30.9 Å². The number of ether oxygens (including phenoxy) is 1. The van der Waals surface area contributed by atoms with Crippen molar-refractivity contribution in [1.29, 1.82) is 0 Å². The van der Waals surface area contributed by atoms with Gasteiger partial charge in [-0.05, 0) is 65.9 Å². The van der Waals surface area contributed by atoms with Crippen molar-refractivity contribution in [2.24, 2.45) is 0 Å². The van der Waals surface area contributed by atoms with E-state index >= 15 is 0 Å². The summed E-state index contributed by atoms with van der Waals surface area (Å²) in [7, 11) is 1.61. The first kappa shape index (κ1) is 22.6. The van der Waals surface area contributed by atoms with Gasteiger partial charge >= 0.3 is 0 Å². The second kappa shape index (κ2) is 9.50. The van der Waals surface area contributed by atoms with Crippen LogP contribution in [0.4, 0.5) is 0 Å². The summed E-state index contributed by atoms with van der Waals surface area (Å²) < 4.78 is 7.15. The molecule has 0 unspecified atom stereocenters. The van der Waals surface area contributed by atoms with Crippen molar-refractivity contribution < 1.29 is 4.74 Å². The van der Waals surface area contributed by atoms with Gasteiger partial charge in [0, 0.05) is 37.1 Å². The summed E-state index contributed by atoms with van der Waals surface area (Å²) >= 11 is 0. The number of tetrazole rings is 1. The minimum Gasteiger partial charge on any atom is -0.497 e. The van der Waals surface area contributed by atoms with Crippen molar-refractivity contribution in [2.75, 3.05) is 7.11 Å². The number of hydrogen-bond acceptors (Lipinski definition) is 7. The molecular formula is C24H29N7O2. The number of fused-ring (bicyclic) bond motifs is 1. The lowest BCUT2D eigenvalue weighted by Gasteiger charge is -2.27. The second-order valence-corrected chi connectivity index (χ2v) is 8.76. The van der Waals surface area contributed by atoms with Gasteiger partial charge in [0.05, 0.1) is 24.7 Å². The van der Waals surface area contributed by atoms with Gasteiger partial charge in [0.15, 0.2) is 5.82 Å². The van der Waals surface area contributed by atoms with Crippen LogP contribution in [0.25, 0.3) is 10.9 Å². The van der Waals surface area contributed by atoms with Gasteiger partial charge < -0.3 is 9.72 Å². The van der Waals surface area contributed by atoms with Crippen molar-refractivity contribution in [1.82, 2.24) is 35.1 Å². The molecule has 0 aliphatic rings. The highest BCUT2D eigenvalue weighted by Crippen LogP contribution is 2.22. The molecule has 0 aliphatic carbocycles. The Balaban J connectivity index is 1.67. The van der Waals surface area contributed by atoms with Crippen LogP contribution < -0.4 is 10.3 Å². The lowest BCUT2D eigenvalue weighted by molar-refractivity contribution is 0.216. The van der Waals surface area contributed by atoms with Gasteiger partial charge in [0.1, 0.15) is 5.75 Å². The maximum Gasteiger partial charge on any atom is 0.252 e. The minimum absolute atomic E-state index is 0.125. The molecule has 0 fully saturated rings. The molecule has 3 aromatic heterocycles. The van der Waals surface area contributed by atoms with Gasteiger partial charge in [-0.2, -0.15) is 0 Å². The van der Waals surface area contributed by atoms with E-state index in [2.05, 4.69) is 51.2 Å². The summed E-state index contributed by atoms with van der Waals surface area (Å²) in [6, 6.07) is 11.5. The fourth-order valence-corrected chi connectivity index (χ4v) is 3.75. The summed E-state index contributed by atoms with van der Waals surface area (Å²) in [6.45, 7) is 7.87. The predicted molar refractivity (Wildman–Crippen MR) is 126 cm³/mol. The van der Waals surface area contributed by atoms with Crippen molar-refractivity contribution in [2.45, 2.75) is 52.4 Å². The Hall–Kier alpha value is -3.59. The van der Waals surface area contributed by atoms with E-state index < -0.39 is 0 Å². The maximum atomic E-state index is 12.9. The van der Waals surface area contributed by atoms with Gasteiger partial charge in [-0.15, -0.1) is 5.10 Å². The van der Waals surface area contributed by atoms with Crippen LogP contribution in [0.2, 0.25) is 0 Å². The third-order valence-corrected chi connectivity index (χ3v) is 5.99. The Bertz CT molecular complexity index is 1280. The third kappa shape index (κ3) is 5.09. The number of methoxy groups -OCH3 is 1. The molecule has 0 spiro atoms. The SMILES string of the molecule is CCC(C)(C)n1nnnc1CN(Cc1cccnc1)Cc1cc2ccc(OC)cc2[nH]c1=O. The molecule has 9 nitrogen and oxygen atoms in total. The molecule has 1 N–H and O–H groups in total. The molecule has 1 aromatic carbocycles. The monoisotopic (exact) mass is 447 g/mol. The molecule has 0 saturated carbocycles. The highest BCUT2D eigenvalue weighted by atomic mass is 16.5. The summed E-state index contributed by atoms with van der Waals surface area (Å²) in [5.41, 5.74) is 2.13. The van der Waals surface area contributed by atoms with E-state index in [1.54, 1.807) is 13.3 Å². The molecule has 33 heavy (non-hydrogen) atoms. The molecule has 3 heterocycles. The average molecular weight is 448 g/mol. The Kier molecular flexibility index (Phi) is 6.50. The molecule has 9 heteroatoms. The second-order valence-electron chi connectivity index (χ2n) is 8.76. The van der Waals surface area contributed by atoms with E-state index in [1.165, 1.54) is 0 Å². The van der Waals surface area contributed by atoms with Crippen LogP contribution in [-0.4, -0.2) is 42.2 Å². The summed E-state index contributed by atoms with van der Waals surface area (Å²) in [5.74, 6) is 1.46. The van der Waals surface area contributed by atoms with E-state index in [-0.39, 0.29) is 11.1 Å². The van der Waals surface area contributed by atoms with Crippen LogP contribution in [-0.2, 0) is 25.2 Å². The summed E-state index contributed by atoms with van der Waals surface area (Å²) in [6.07, 6.45) is 4.48. The summed E-state index contributed by atoms with van der Waals surface area (Å²) in [5, 5.41) is 13.4. The number of nitrogens with one attached hydrogen (secondary N) is 1. The van der Waals surface area contributed by atoms with Crippen LogP contribution in [0, 0.1) is 0 Å². The van der Waals surface area contributed by atoms with Crippen LogP contribution in [0.5, 0.6) is 5.75 Å². The number of aromatic nitrogens is 6. The lowest BCUT2D eigenvalue weighted by Crippen LogP contribution is -2.32. The molecule has 0 saturated heterocycles. The van der Waals surface area contributed by atoms with E-state index in [4.69, 9.17) is 4.74 Å². The topological polar surface area (TPSA) is 102 Å². The molecule has 172 valence electrons. The fraction of sp³-hybridized carbons (Fsp3) is 0.375. The Morgan fingerprint density at radius 2 is 2.00 bits per heavy atom. The van der Waals surface area contributed by atoms with Gasteiger partial charge in [0.25, 0.3) is 5.56 Å². The predicted octanol–water partition coefficient (Wildman–Crippen LogP) is 3.27. The number of nitrogens with zero attached hydrogens (tertiary/aromatic N) is 6. The molecule has 0 radical (unpaired) electrons. The molecule has 0 bridgehead atoms. The van der Waals surface area contributed by atoms with Gasteiger partial charge in [-0.3, -0.25) is 14.7 Å². The first-order valence-corrected chi connectivity index (χ1v) is 11.0. The zero-order valence-corrected chi connectivity index (χ0v) is 19.4. The van der Waals surface area contributed by atoms with Crippen LogP contribution in [0.1, 0.15) is 44.1 Å². The lowest BCUT2D eigenvalue weighted by atomic mass is 10.0. The first-order chi connectivity index (χ1) is 15.9. The third-order valence-electron chi connectivity index (χ3n) is 5.99. The zero-order valence-electron chi connectivity index (χ0n) is 19.4. The molecule has 0 atom stereocenters. The molecule has 0 aliphatic heterocycles. The zero-order chi connectivity index (χ0) is 23.4. The van der Waals surface area contributed by atoms with E-state index in [1.807, 2.05) is 47.3 Å². The Labute approximate surface area is 192 Å². The molecule has 4 rings (SSSR count). The standard InChI is InChI=1S/C24H29N7O2/c1-5-24(2,3)31-22(27-28-29-31)16-30(14-17-7-6-10-25-13-17)15-19-11-18-8-9-20(33-4)12-21(18)26-23(19)32/h6-13H,5,14-16H2,1-4H3,(H,26,32). The van der Waals surface area contributed by atoms with Crippen LogP contribution >= 0.6 is 0 Å². The molecular weight excluding hydrogens is 418 g/mol. The largest absolute Gasteiger partial charge is 0.497 e. The maximum absolute atomic E-state index is 12.9. The van der Waals surface area contributed by atoms with Gasteiger partial charge in [-0.25, -0.2) is 4.68 Å². The van der Waals surface area contributed by atoms with E-state index in [9.17, 15) is 4.79 Å². The number of H-pyrrole nitrogens is 1. The van der Waals surface area contributed by atoms with Gasteiger partial charge in [0.2, 0.25) is 0 Å². The number of pyridine rings is 2. The highest BCUT2D eigenvalue weighted by molar-refractivity contribution is 5.80. The Morgan fingerprint density at radius 1 is 1.15 bits per heavy atom. The van der Waals surface area contributed by atoms with Crippen molar-refractivity contribution in [3.05, 3.63) is 76.1 Å². The van der Waals surface area contributed by atoms with Crippen LogP contribution in [0.3, 0.4) is 0 Å². The molecule has 0 amide bonds.